The van der Waals surface area contributed by atoms with Gasteiger partial charge in [-0.05, 0) is 106 Å². The van der Waals surface area contributed by atoms with Crippen molar-refractivity contribution in [2.45, 2.75) is 51.4 Å². The summed E-state index contributed by atoms with van der Waals surface area (Å²) in [6, 6.07) is 63.3. The summed E-state index contributed by atoms with van der Waals surface area (Å²) >= 11 is 0. The van der Waals surface area contributed by atoms with Gasteiger partial charge >= 0.3 is 0 Å². The lowest BCUT2D eigenvalue weighted by Gasteiger charge is -2.42. The van der Waals surface area contributed by atoms with Gasteiger partial charge in [-0.25, -0.2) is 15.0 Å². The van der Waals surface area contributed by atoms with Crippen molar-refractivity contribution in [3.63, 3.8) is 0 Å². The molecular formula is C57H45N5. The highest BCUT2D eigenvalue weighted by Crippen LogP contribution is 2.49. The van der Waals surface area contributed by atoms with Crippen molar-refractivity contribution >= 4 is 54.4 Å². The van der Waals surface area contributed by atoms with E-state index in [0.29, 0.717) is 17.5 Å². The van der Waals surface area contributed by atoms with Crippen LogP contribution in [0, 0.1) is 0 Å². The number of hydrogen-bond donors (Lipinski definition) is 0. The van der Waals surface area contributed by atoms with Gasteiger partial charge in [-0.2, -0.15) is 0 Å². The summed E-state index contributed by atoms with van der Waals surface area (Å²) in [5, 5.41) is 7.49. The van der Waals surface area contributed by atoms with E-state index in [4.69, 9.17) is 15.0 Å². The minimum Gasteiger partial charge on any atom is -0.309 e. The number of benzene rings is 8. The van der Waals surface area contributed by atoms with Crippen LogP contribution in [0.25, 0.3) is 99.9 Å². The van der Waals surface area contributed by atoms with Crippen LogP contribution in [0.5, 0.6) is 0 Å². The highest BCUT2D eigenvalue weighted by Gasteiger charge is 2.38. The Morgan fingerprint density at radius 3 is 1.39 bits per heavy atom. The molecule has 0 spiro atoms. The lowest BCUT2D eigenvalue weighted by molar-refractivity contribution is 0.332. The minimum absolute atomic E-state index is 0.0703. The summed E-state index contributed by atoms with van der Waals surface area (Å²) in [5.41, 5.74) is 12.7. The molecule has 0 atom stereocenters. The maximum Gasteiger partial charge on any atom is 0.164 e. The monoisotopic (exact) mass is 799 g/mol. The van der Waals surface area contributed by atoms with Gasteiger partial charge in [-0.3, -0.25) is 0 Å². The summed E-state index contributed by atoms with van der Waals surface area (Å²) in [7, 11) is 0. The number of para-hydroxylation sites is 2. The molecule has 62 heavy (non-hydrogen) atoms. The van der Waals surface area contributed by atoms with Gasteiger partial charge in [0.2, 0.25) is 0 Å². The fourth-order valence-electron chi connectivity index (χ4n) is 10.2. The molecule has 11 aromatic rings. The smallest absolute Gasteiger partial charge is 0.164 e. The highest BCUT2D eigenvalue weighted by atomic mass is 15.0. The molecule has 0 unspecified atom stereocenters. The molecule has 3 heterocycles. The molecule has 5 nitrogen and oxygen atoms in total. The van der Waals surface area contributed by atoms with E-state index in [-0.39, 0.29) is 10.8 Å². The number of hydrogen-bond acceptors (Lipinski definition) is 3. The average Bonchev–Trinajstić information content (AvgIpc) is 3.81. The van der Waals surface area contributed by atoms with E-state index in [1.165, 1.54) is 60.9 Å². The first-order chi connectivity index (χ1) is 30.2. The molecule has 0 radical (unpaired) electrons. The molecule has 8 aromatic carbocycles. The topological polar surface area (TPSA) is 48.5 Å². The van der Waals surface area contributed by atoms with E-state index in [9.17, 15) is 0 Å². The van der Waals surface area contributed by atoms with Gasteiger partial charge in [-0.15, -0.1) is 0 Å². The predicted octanol–water partition coefficient (Wildman–Crippen LogP) is 14.6. The first-order valence-corrected chi connectivity index (χ1v) is 21.7. The molecule has 0 amide bonds. The number of fused-ring (bicyclic) bond motifs is 8. The fourth-order valence-corrected chi connectivity index (χ4v) is 10.2. The summed E-state index contributed by atoms with van der Waals surface area (Å²) in [4.78, 5) is 15.6. The minimum atomic E-state index is 0.0703. The first-order valence-electron chi connectivity index (χ1n) is 21.7. The van der Waals surface area contributed by atoms with E-state index >= 15 is 0 Å². The molecular weight excluding hydrogens is 755 g/mol. The number of aromatic nitrogens is 5. The van der Waals surface area contributed by atoms with Crippen LogP contribution in [0.4, 0.5) is 0 Å². The molecule has 1 aliphatic carbocycles. The molecule has 3 aromatic heterocycles. The van der Waals surface area contributed by atoms with Gasteiger partial charge < -0.3 is 9.13 Å². The maximum atomic E-state index is 5.29. The Kier molecular flexibility index (Phi) is 7.98. The third kappa shape index (κ3) is 5.72. The van der Waals surface area contributed by atoms with Crippen LogP contribution in [0.3, 0.4) is 0 Å². The van der Waals surface area contributed by atoms with Crippen LogP contribution in [0.15, 0.2) is 176 Å². The van der Waals surface area contributed by atoms with Gasteiger partial charge in [0.05, 0.1) is 22.1 Å². The van der Waals surface area contributed by atoms with Crippen molar-refractivity contribution in [2.75, 3.05) is 0 Å². The van der Waals surface area contributed by atoms with Crippen LogP contribution in [-0.2, 0) is 10.8 Å². The molecule has 0 saturated carbocycles. The standard InChI is InChI=1S/C57H45N5/c1-56(2)28-29-57(3,4)48-35-52-46(34-47(48)56)45-32-37-18-8-9-19-38(37)33-51(45)62(52)42-23-15-21-40(31-42)55-59-53(36-16-6-5-7-17-36)58-54(60-55)39-20-14-22-41(30-39)61-49-26-12-10-24-43(49)44-25-11-13-27-50(44)61/h5-27,30-35H,28-29H2,1-4H3. The summed E-state index contributed by atoms with van der Waals surface area (Å²) in [6.07, 6.45) is 2.33. The summed E-state index contributed by atoms with van der Waals surface area (Å²) in [6.45, 7) is 9.66. The largest absolute Gasteiger partial charge is 0.309 e. The third-order valence-corrected chi connectivity index (χ3v) is 13.6. The predicted molar refractivity (Wildman–Crippen MR) is 258 cm³/mol. The second-order valence-corrected chi connectivity index (χ2v) is 18.4. The van der Waals surface area contributed by atoms with E-state index in [1.807, 2.05) is 18.2 Å². The SMILES string of the molecule is CC1(C)CCC(C)(C)c2cc3c(cc21)c1cc2ccccc2cc1n3-c1cccc(-c2nc(-c3ccccc3)nc(-c3cccc(-n4c5ccccc5c5ccccc54)c3)n2)c1. The van der Waals surface area contributed by atoms with Crippen LogP contribution < -0.4 is 0 Å². The van der Waals surface area contributed by atoms with Crippen molar-refractivity contribution in [3.8, 4) is 45.5 Å². The van der Waals surface area contributed by atoms with Gasteiger partial charge in [0.1, 0.15) is 0 Å². The average molecular weight is 800 g/mol. The highest BCUT2D eigenvalue weighted by molar-refractivity contribution is 6.14. The van der Waals surface area contributed by atoms with Crippen LogP contribution in [0.1, 0.15) is 51.7 Å². The number of nitrogens with zero attached hydrogens (tertiary/aromatic N) is 5. The molecule has 5 heteroatoms. The van der Waals surface area contributed by atoms with Gasteiger partial charge in [0.15, 0.2) is 17.5 Å². The van der Waals surface area contributed by atoms with Crippen LogP contribution in [0.2, 0.25) is 0 Å². The maximum absolute atomic E-state index is 5.29. The van der Waals surface area contributed by atoms with E-state index in [1.54, 1.807) is 0 Å². The number of rotatable bonds is 5. The van der Waals surface area contributed by atoms with E-state index in [2.05, 4.69) is 195 Å². The molecule has 0 saturated heterocycles. The normalized spacial score (nSPS) is 14.6. The molecule has 0 bridgehead atoms. The van der Waals surface area contributed by atoms with E-state index < -0.39 is 0 Å². The van der Waals surface area contributed by atoms with Crippen molar-refractivity contribution in [2.24, 2.45) is 0 Å². The summed E-state index contributed by atoms with van der Waals surface area (Å²) < 4.78 is 4.81. The Balaban J connectivity index is 1.06. The Bertz CT molecular complexity index is 3530. The fraction of sp³-hybridized carbons (Fsp3) is 0.140. The molecule has 298 valence electrons. The Morgan fingerprint density at radius 2 is 0.790 bits per heavy atom. The molecule has 0 aliphatic heterocycles. The Labute approximate surface area is 361 Å². The summed E-state index contributed by atoms with van der Waals surface area (Å²) in [5.74, 6) is 1.89. The third-order valence-electron chi connectivity index (χ3n) is 13.6. The van der Waals surface area contributed by atoms with Crippen molar-refractivity contribution in [3.05, 3.63) is 187 Å². The molecule has 12 rings (SSSR count). The second kappa shape index (κ2) is 13.6. The molecule has 1 aliphatic rings. The van der Waals surface area contributed by atoms with Gasteiger partial charge in [0.25, 0.3) is 0 Å². The Morgan fingerprint density at radius 1 is 0.355 bits per heavy atom. The molecule has 0 N–H and O–H groups in total. The van der Waals surface area contributed by atoms with Crippen molar-refractivity contribution in [1.82, 2.24) is 24.1 Å². The lowest BCUT2D eigenvalue weighted by atomic mass is 9.63. The quantitative estimate of drug-likeness (QED) is 0.174. The van der Waals surface area contributed by atoms with Crippen molar-refractivity contribution in [1.29, 1.82) is 0 Å². The van der Waals surface area contributed by atoms with Gasteiger partial charge in [0, 0.05) is 49.6 Å². The van der Waals surface area contributed by atoms with E-state index in [0.717, 1.165) is 45.5 Å². The lowest BCUT2D eigenvalue weighted by Crippen LogP contribution is -2.33. The molecule has 0 fully saturated rings. The zero-order valence-electron chi connectivity index (χ0n) is 35.4. The first kappa shape index (κ1) is 36.5. The van der Waals surface area contributed by atoms with Crippen molar-refractivity contribution < 1.29 is 0 Å². The zero-order chi connectivity index (χ0) is 41.7. The zero-order valence-corrected chi connectivity index (χ0v) is 35.4. The van der Waals surface area contributed by atoms with Crippen LogP contribution in [-0.4, -0.2) is 24.1 Å². The Hall–Kier alpha value is -7.37. The second-order valence-electron chi connectivity index (χ2n) is 18.4. The van der Waals surface area contributed by atoms with Crippen LogP contribution >= 0.6 is 0 Å². The van der Waals surface area contributed by atoms with Gasteiger partial charge in [-0.1, -0.05) is 143 Å².